The predicted molar refractivity (Wildman–Crippen MR) is 270 cm³/mol. The van der Waals surface area contributed by atoms with Gasteiger partial charge in [0.15, 0.2) is 0 Å². The molecule has 0 atom stereocenters. The summed E-state index contributed by atoms with van der Waals surface area (Å²) in [7, 11) is 0. The van der Waals surface area contributed by atoms with Crippen LogP contribution in [0.4, 0.5) is 17.1 Å². The maximum Gasteiger partial charge on any atom is 0.0541 e. The first-order valence-corrected chi connectivity index (χ1v) is 22.3. The molecule has 3 heteroatoms. The molecule has 12 aromatic rings. The smallest absolute Gasteiger partial charge is 0.0541 e. The number of para-hydroxylation sites is 3. The number of hydrogen-bond donors (Lipinski definition) is 0. The minimum atomic E-state index is 1.10. The third kappa shape index (κ3) is 6.58. The topological polar surface area (TPSA) is 8.17 Å². The Morgan fingerprint density at radius 2 is 0.698 bits per heavy atom. The molecule has 0 unspecified atom stereocenters. The quantitative estimate of drug-likeness (QED) is 0.148. The molecule has 0 saturated carbocycles. The van der Waals surface area contributed by atoms with E-state index in [1.165, 1.54) is 92.2 Å². The molecule has 0 aliphatic carbocycles. The summed E-state index contributed by atoms with van der Waals surface area (Å²) >= 11 is 1.86. The SMILES string of the molecule is c1ccc(-c2ccc(N(c3ccc(-c4ccc(-c5ccccc5-n5c6ccccc6c6ccccc65)cc4)cc3)c3ccc(-c4ccc5sc6ccccc6c5c4)cc3)cc2)cc1. The minimum Gasteiger partial charge on any atom is -0.311 e. The predicted octanol–water partition coefficient (Wildman–Crippen LogP) is 17.3. The maximum absolute atomic E-state index is 2.41. The number of hydrogen-bond acceptors (Lipinski definition) is 2. The van der Waals surface area contributed by atoms with Crippen molar-refractivity contribution in [2.24, 2.45) is 0 Å². The summed E-state index contributed by atoms with van der Waals surface area (Å²) in [5.41, 5.74) is 16.5. The number of benzene rings is 10. The zero-order valence-corrected chi connectivity index (χ0v) is 35.2. The van der Waals surface area contributed by atoms with Gasteiger partial charge in [-0.2, -0.15) is 0 Å². The van der Waals surface area contributed by atoms with Crippen molar-refractivity contribution in [2.75, 3.05) is 4.90 Å². The van der Waals surface area contributed by atoms with E-state index in [9.17, 15) is 0 Å². The largest absolute Gasteiger partial charge is 0.311 e. The second-order valence-electron chi connectivity index (χ2n) is 16.1. The molecule has 0 amide bonds. The first kappa shape index (κ1) is 36.8. The summed E-state index contributed by atoms with van der Waals surface area (Å²) < 4.78 is 5.06. The summed E-state index contributed by atoms with van der Waals surface area (Å²) in [5.74, 6) is 0. The second-order valence-corrected chi connectivity index (χ2v) is 17.2. The van der Waals surface area contributed by atoms with E-state index in [0.29, 0.717) is 0 Å². The summed E-state index contributed by atoms with van der Waals surface area (Å²) in [5, 5.41) is 5.17. The van der Waals surface area contributed by atoms with Gasteiger partial charge in [0.1, 0.15) is 0 Å². The highest BCUT2D eigenvalue weighted by Gasteiger charge is 2.17. The van der Waals surface area contributed by atoms with Crippen molar-refractivity contribution >= 4 is 70.4 Å². The van der Waals surface area contributed by atoms with Crippen molar-refractivity contribution in [3.05, 3.63) is 243 Å². The standard InChI is InChI=1S/C60H40N2S/c1-2-12-41(13-3-1)43-26-33-48(34-27-43)61(50-37-30-45(31-38-50)47-32-39-60-55(40-47)54-17-7-11-21-59(54)63-60)49-35-28-44(29-36-49)42-22-24-46(25-23-42)51-14-4-8-18-56(51)62-57-19-9-5-15-52(57)53-16-6-10-20-58(53)62/h1-40H. The van der Waals surface area contributed by atoms with Gasteiger partial charge in [-0.1, -0.05) is 170 Å². The number of aromatic nitrogens is 1. The van der Waals surface area contributed by atoms with Crippen LogP contribution >= 0.6 is 11.3 Å². The van der Waals surface area contributed by atoms with Crippen LogP contribution in [0.15, 0.2) is 243 Å². The number of nitrogens with zero attached hydrogens (tertiary/aromatic N) is 2. The van der Waals surface area contributed by atoms with Crippen molar-refractivity contribution in [1.29, 1.82) is 0 Å². The molecule has 0 radical (unpaired) electrons. The lowest BCUT2D eigenvalue weighted by Gasteiger charge is -2.26. The fourth-order valence-corrected chi connectivity index (χ4v) is 10.4. The lowest BCUT2D eigenvalue weighted by Crippen LogP contribution is -2.09. The van der Waals surface area contributed by atoms with E-state index < -0.39 is 0 Å². The number of thiophene rings is 1. The van der Waals surface area contributed by atoms with Crippen LogP contribution in [0.5, 0.6) is 0 Å². The molecule has 63 heavy (non-hydrogen) atoms. The van der Waals surface area contributed by atoms with E-state index in [1.54, 1.807) is 0 Å². The van der Waals surface area contributed by atoms with Gasteiger partial charge in [-0.05, 0) is 112 Å². The highest BCUT2D eigenvalue weighted by Crippen LogP contribution is 2.41. The third-order valence-corrected chi connectivity index (χ3v) is 13.6. The maximum atomic E-state index is 2.41. The van der Waals surface area contributed by atoms with E-state index in [1.807, 2.05) is 11.3 Å². The van der Waals surface area contributed by atoms with Gasteiger partial charge in [-0.15, -0.1) is 11.3 Å². The van der Waals surface area contributed by atoms with Crippen molar-refractivity contribution in [3.63, 3.8) is 0 Å². The van der Waals surface area contributed by atoms with Crippen LogP contribution in [0.1, 0.15) is 0 Å². The Morgan fingerprint density at radius 3 is 1.30 bits per heavy atom. The zero-order valence-electron chi connectivity index (χ0n) is 34.4. The normalized spacial score (nSPS) is 11.5. The van der Waals surface area contributed by atoms with Gasteiger partial charge >= 0.3 is 0 Å². The lowest BCUT2D eigenvalue weighted by atomic mass is 9.98. The van der Waals surface area contributed by atoms with Crippen LogP contribution in [0.3, 0.4) is 0 Å². The van der Waals surface area contributed by atoms with E-state index in [-0.39, 0.29) is 0 Å². The average Bonchev–Trinajstić information content (AvgIpc) is 3.91. The first-order chi connectivity index (χ1) is 31.2. The second kappa shape index (κ2) is 15.5. The fraction of sp³-hybridized carbons (Fsp3) is 0. The Kier molecular flexibility index (Phi) is 9.06. The molecule has 296 valence electrons. The number of anilines is 3. The van der Waals surface area contributed by atoms with Crippen molar-refractivity contribution < 1.29 is 0 Å². The van der Waals surface area contributed by atoms with Gasteiger partial charge in [-0.25, -0.2) is 0 Å². The zero-order chi connectivity index (χ0) is 41.7. The van der Waals surface area contributed by atoms with Gasteiger partial charge in [0.25, 0.3) is 0 Å². The Labute approximate surface area is 370 Å². The van der Waals surface area contributed by atoms with Gasteiger partial charge < -0.3 is 9.47 Å². The Balaban J connectivity index is 0.875. The highest BCUT2D eigenvalue weighted by atomic mass is 32.1. The molecule has 0 bridgehead atoms. The molecule has 0 saturated heterocycles. The van der Waals surface area contributed by atoms with Crippen LogP contribution in [-0.4, -0.2) is 4.57 Å². The van der Waals surface area contributed by atoms with Crippen LogP contribution in [0.2, 0.25) is 0 Å². The van der Waals surface area contributed by atoms with Gasteiger partial charge in [0, 0.05) is 53.6 Å². The molecule has 0 spiro atoms. The monoisotopic (exact) mass is 820 g/mol. The van der Waals surface area contributed by atoms with Crippen LogP contribution in [-0.2, 0) is 0 Å². The average molecular weight is 821 g/mol. The summed E-state index contributed by atoms with van der Waals surface area (Å²) in [6.45, 7) is 0. The molecule has 12 rings (SSSR count). The molecule has 2 nitrogen and oxygen atoms in total. The molecule has 10 aromatic carbocycles. The summed E-state index contributed by atoms with van der Waals surface area (Å²) in [6, 6.07) is 88.3. The van der Waals surface area contributed by atoms with E-state index in [4.69, 9.17) is 0 Å². The molecule has 0 fully saturated rings. The molecule has 0 N–H and O–H groups in total. The van der Waals surface area contributed by atoms with Gasteiger partial charge in [-0.3, -0.25) is 0 Å². The number of fused-ring (bicyclic) bond motifs is 6. The molecule has 2 heterocycles. The van der Waals surface area contributed by atoms with E-state index in [2.05, 4.69) is 252 Å². The highest BCUT2D eigenvalue weighted by molar-refractivity contribution is 7.25. The van der Waals surface area contributed by atoms with E-state index >= 15 is 0 Å². The summed E-state index contributed by atoms with van der Waals surface area (Å²) in [4.78, 5) is 2.35. The molecular formula is C60H40N2S. The lowest BCUT2D eigenvalue weighted by molar-refractivity contribution is 1.18. The molecule has 2 aromatic heterocycles. The minimum absolute atomic E-state index is 1.10. The van der Waals surface area contributed by atoms with Crippen molar-refractivity contribution in [3.8, 4) is 50.2 Å². The fourth-order valence-electron chi connectivity index (χ4n) is 9.33. The third-order valence-electron chi connectivity index (χ3n) is 12.4. The van der Waals surface area contributed by atoms with Crippen LogP contribution in [0.25, 0.3) is 92.2 Å². The Morgan fingerprint density at radius 1 is 0.286 bits per heavy atom. The molecule has 0 aliphatic heterocycles. The van der Waals surface area contributed by atoms with Gasteiger partial charge in [0.2, 0.25) is 0 Å². The van der Waals surface area contributed by atoms with Crippen molar-refractivity contribution in [1.82, 2.24) is 4.57 Å². The van der Waals surface area contributed by atoms with Crippen LogP contribution in [0, 0.1) is 0 Å². The molecular weight excluding hydrogens is 781 g/mol. The summed E-state index contributed by atoms with van der Waals surface area (Å²) in [6.07, 6.45) is 0. The number of rotatable bonds is 8. The van der Waals surface area contributed by atoms with Gasteiger partial charge in [0.05, 0.1) is 16.7 Å². The van der Waals surface area contributed by atoms with Crippen molar-refractivity contribution in [2.45, 2.75) is 0 Å². The van der Waals surface area contributed by atoms with Crippen LogP contribution < -0.4 is 4.90 Å². The Bertz CT molecular complexity index is 3530. The van der Waals surface area contributed by atoms with E-state index in [0.717, 1.165) is 17.1 Å². The first-order valence-electron chi connectivity index (χ1n) is 21.5. The molecule has 0 aliphatic rings. The Hall–Kier alpha value is -7.98.